The Morgan fingerprint density at radius 1 is 0.929 bits per heavy atom. The SMILES string of the molecule is O=C(C1CCCCN1C(=O)c1cccs1)N1CCC(Cc2ccccc2)CC1. The zero-order valence-corrected chi connectivity index (χ0v) is 17.1. The molecule has 0 spiro atoms. The van der Waals surface area contributed by atoms with E-state index in [1.165, 1.54) is 16.9 Å². The van der Waals surface area contributed by atoms with Gasteiger partial charge in [0.15, 0.2) is 0 Å². The summed E-state index contributed by atoms with van der Waals surface area (Å²) in [6, 6.07) is 14.1. The monoisotopic (exact) mass is 396 g/mol. The number of rotatable bonds is 4. The average molecular weight is 397 g/mol. The first-order valence-corrected chi connectivity index (χ1v) is 11.3. The highest BCUT2D eigenvalue weighted by molar-refractivity contribution is 7.12. The summed E-state index contributed by atoms with van der Waals surface area (Å²) in [5, 5.41) is 1.92. The van der Waals surface area contributed by atoms with Crippen molar-refractivity contribution in [1.82, 2.24) is 9.80 Å². The molecule has 1 atom stereocenters. The van der Waals surface area contributed by atoms with Crippen molar-refractivity contribution in [3.63, 3.8) is 0 Å². The van der Waals surface area contributed by atoms with Crippen molar-refractivity contribution in [3.8, 4) is 0 Å². The van der Waals surface area contributed by atoms with Crippen LogP contribution in [0.4, 0.5) is 0 Å². The Bertz CT molecular complexity index is 782. The van der Waals surface area contributed by atoms with Crippen LogP contribution in [0.2, 0.25) is 0 Å². The number of thiophene rings is 1. The van der Waals surface area contributed by atoms with E-state index in [2.05, 4.69) is 30.3 Å². The first-order chi connectivity index (χ1) is 13.7. The zero-order valence-electron chi connectivity index (χ0n) is 16.3. The van der Waals surface area contributed by atoms with Gasteiger partial charge in [0.2, 0.25) is 5.91 Å². The van der Waals surface area contributed by atoms with E-state index in [1.54, 1.807) is 0 Å². The maximum absolute atomic E-state index is 13.2. The van der Waals surface area contributed by atoms with Gasteiger partial charge in [-0.1, -0.05) is 36.4 Å². The molecular weight excluding hydrogens is 368 g/mol. The fourth-order valence-electron chi connectivity index (χ4n) is 4.49. The second kappa shape index (κ2) is 8.91. The van der Waals surface area contributed by atoms with Crippen LogP contribution in [0.3, 0.4) is 0 Å². The lowest BCUT2D eigenvalue weighted by Gasteiger charge is -2.40. The van der Waals surface area contributed by atoms with Crippen LogP contribution >= 0.6 is 11.3 Å². The van der Waals surface area contributed by atoms with Gasteiger partial charge in [0.25, 0.3) is 5.91 Å². The number of piperidine rings is 2. The molecule has 148 valence electrons. The molecule has 3 heterocycles. The van der Waals surface area contributed by atoms with Gasteiger partial charge in [0.05, 0.1) is 4.88 Å². The number of amides is 2. The van der Waals surface area contributed by atoms with Gasteiger partial charge in [-0.05, 0) is 61.5 Å². The molecule has 2 aliphatic rings. The summed E-state index contributed by atoms with van der Waals surface area (Å²) in [6.45, 7) is 2.32. The summed E-state index contributed by atoms with van der Waals surface area (Å²) in [7, 11) is 0. The van der Waals surface area contributed by atoms with Crippen molar-refractivity contribution in [2.45, 2.75) is 44.6 Å². The van der Waals surface area contributed by atoms with Gasteiger partial charge < -0.3 is 9.80 Å². The minimum Gasteiger partial charge on any atom is -0.341 e. The molecule has 2 saturated heterocycles. The van der Waals surface area contributed by atoms with Gasteiger partial charge in [-0.15, -0.1) is 11.3 Å². The molecule has 1 aromatic heterocycles. The first kappa shape index (κ1) is 19.2. The molecule has 0 N–H and O–H groups in total. The summed E-state index contributed by atoms with van der Waals surface area (Å²) in [4.78, 5) is 30.7. The minimum atomic E-state index is -0.283. The Balaban J connectivity index is 1.36. The maximum Gasteiger partial charge on any atom is 0.264 e. The van der Waals surface area contributed by atoms with Crippen molar-refractivity contribution in [2.24, 2.45) is 5.92 Å². The van der Waals surface area contributed by atoms with Gasteiger partial charge in [-0.2, -0.15) is 0 Å². The molecule has 0 aliphatic carbocycles. The van der Waals surface area contributed by atoms with E-state index < -0.39 is 0 Å². The topological polar surface area (TPSA) is 40.6 Å². The highest BCUT2D eigenvalue weighted by Gasteiger charge is 2.36. The molecule has 5 heteroatoms. The number of carbonyl (C=O) groups excluding carboxylic acids is 2. The molecule has 2 amide bonds. The molecular formula is C23H28N2O2S. The fourth-order valence-corrected chi connectivity index (χ4v) is 5.17. The van der Waals surface area contributed by atoms with E-state index in [1.807, 2.05) is 27.3 Å². The lowest BCUT2D eigenvalue weighted by Crippen LogP contribution is -2.54. The van der Waals surface area contributed by atoms with Crippen LogP contribution in [0.5, 0.6) is 0 Å². The molecule has 4 nitrogen and oxygen atoms in total. The maximum atomic E-state index is 13.2. The third-order valence-corrected chi connectivity index (χ3v) is 6.93. The predicted molar refractivity (Wildman–Crippen MR) is 112 cm³/mol. The van der Waals surface area contributed by atoms with Gasteiger partial charge >= 0.3 is 0 Å². The predicted octanol–water partition coefficient (Wildman–Crippen LogP) is 4.22. The van der Waals surface area contributed by atoms with Gasteiger partial charge in [0.1, 0.15) is 6.04 Å². The Morgan fingerprint density at radius 2 is 1.71 bits per heavy atom. The lowest BCUT2D eigenvalue weighted by molar-refractivity contribution is -0.138. The number of nitrogens with zero attached hydrogens (tertiary/aromatic N) is 2. The first-order valence-electron chi connectivity index (χ1n) is 10.4. The second-order valence-corrected chi connectivity index (χ2v) is 8.89. The second-order valence-electron chi connectivity index (χ2n) is 7.95. The number of likely N-dealkylation sites (tertiary alicyclic amines) is 2. The molecule has 0 bridgehead atoms. The van der Waals surface area contributed by atoms with Crippen molar-refractivity contribution in [2.75, 3.05) is 19.6 Å². The molecule has 0 radical (unpaired) electrons. The third-order valence-electron chi connectivity index (χ3n) is 6.07. The Kier molecular flexibility index (Phi) is 6.10. The highest BCUT2D eigenvalue weighted by Crippen LogP contribution is 2.26. The summed E-state index contributed by atoms with van der Waals surface area (Å²) in [5.41, 5.74) is 1.38. The standard InChI is InChI=1S/C23H28N2O2S/c26-22(20-9-4-5-13-25(20)23(27)21-10-6-16-28-21)24-14-11-19(12-15-24)17-18-7-2-1-3-8-18/h1-3,6-8,10,16,19-20H,4-5,9,11-15,17H2. The van der Waals surface area contributed by atoms with Crippen LogP contribution in [0.25, 0.3) is 0 Å². The molecule has 1 unspecified atom stereocenters. The van der Waals surface area contributed by atoms with Crippen molar-refractivity contribution >= 4 is 23.2 Å². The van der Waals surface area contributed by atoms with Gasteiger partial charge in [0, 0.05) is 19.6 Å². The van der Waals surface area contributed by atoms with E-state index in [-0.39, 0.29) is 17.9 Å². The average Bonchev–Trinajstić information content (AvgIpc) is 3.29. The van der Waals surface area contributed by atoms with Gasteiger partial charge in [-0.3, -0.25) is 9.59 Å². The number of carbonyl (C=O) groups is 2. The van der Waals surface area contributed by atoms with Crippen LogP contribution in [-0.2, 0) is 11.2 Å². The van der Waals surface area contributed by atoms with Crippen LogP contribution in [-0.4, -0.2) is 47.3 Å². The minimum absolute atomic E-state index is 0.0204. The quantitative estimate of drug-likeness (QED) is 0.776. The molecule has 0 saturated carbocycles. The Labute approximate surface area is 171 Å². The lowest BCUT2D eigenvalue weighted by atomic mass is 9.89. The highest BCUT2D eigenvalue weighted by atomic mass is 32.1. The Hall–Kier alpha value is -2.14. The molecule has 4 rings (SSSR count). The smallest absolute Gasteiger partial charge is 0.264 e. The van der Waals surface area contributed by atoms with Crippen LogP contribution < -0.4 is 0 Å². The van der Waals surface area contributed by atoms with Crippen molar-refractivity contribution in [3.05, 3.63) is 58.3 Å². The third kappa shape index (κ3) is 4.30. The number of benzene rings is 1. The van der Waals surface area contributed by atoms with Crippen molar-refractivity contribution in [1.29, 1.82) is 0 Å². The number of hydrogen-bond donors (Lipinski definition) is 0. The molecule has 2 aliphatic heterocycles. The molecule has 1 aromatic carbocycles. The van der Waals surface area contributed by atoms with Crippen LogP contribution in [0.15, 0.2) is 47.8 Å². The van der Waals surface area contributed by atoms with E-state index in [9.17, 15) is 9.59 Å². The van der Waals surface area contributed by atoms with E-state index >= 15 is 0 Å². The largest absolute Gasteiger partial charge is 0.341 e. The summed E-state index contributed by atoms with van der Waals surface area (Å²) >= 11 is 1.46. The zero-order chi connectivity index (χ0) is 19.3. The van der Waals surface area contributed by atoms with E-state index in [4.69, 9.17) is 0 Å². The van der Waals surface area contributed by atoms with Crippen LogP contribution in [0, 0.1) is 5.92 Å². The fraction of sp³-hybridized carbons (Fsp3) is 0.478. The summed E-state index contributed by atoms with van der Waals surface area (Å²) in [5.74, 6) is 0.816. The van der Waals surface area contributed by atoms with E-state index in [0.717, 1.165) is 56.5 Å². The van der Waals surface area contributed by atoms with Gasteiger partial charge in [-0.25, -0.2) is 0 Å². The summed E-state index contributed by atoms with van der Waals surface area (Å²) < 4.78 is 0. The van der Waals surface area contributed by atoms with Crippen LogP contribution in [0.1, 0.15) is 47.3 Å². The molecule has 28 heavy (non-hydrogen) atoms. The van der Waals surface area contributed by atoms with Crippen molar-refractivity contribution < 1.29 is 9.59 Å². The van der Waals surface area contributed by atoms with E-state index in [0.29, 0.717) is 12.5 Å². The molecule has 2 aromatic rings. The normalized spacial score (nSPS) is 20.9. The molecule has 2 fully saturated rings. The number of hydrogen-bond acceptors (Lipinski definition) is 3. The summed E-state index contributed by atoms with van der Waals surface area (Å²) in [6.07, 6.45) is 5.99. The Morgan fingerprint density at radius 3 is 2.43 bits per heavy atom.